The third-order valence-electron chi connectivity index (χ3n) is 4.72. The Balaban J connectivity index is 2.03. The second kappa shape index (κ2) is 9.54. The summed E-state index contributed by atoms with van der Waals surface area (Å²) < 4.78 is 55.7. The van der Waals surface area contributed by atoms with Crippen molar-refractivity contribution in [2.24, 2.45) is 5.73 Å². The molecule has 3 aromatic rings. The van der Waals surface area contributed by atoms with Crippen LogP contribution in [0.5, 0.6) is 0 Å². The summed E-state index contributed by atoms with van der Waals surface area (Å²) in [5.74, 6) is -3.55. The number of halogens is 6. The van der Waals surface area contributed by atoms with Gasteiger partial charge in [-0.1, -0.05) is 34.5 Å². The van der Waals surface area contributed by atoms with Crippen LogP contribution in [0.25, 0.3) is 11.3 Å². The molecule has 0 radical (unpaired) electrons. The number of nitrogens with zero attached hydrogens (tertiary/aromatic N) is 2. The lowest BCUT2D eigenvalue weighted by molar-refractivity contribution is -0.149. The molecule has 0 aliphatic carbocycles. The standard InChI is InChI=1S/C21H18Cl2F4N4OS/c1-20(2,28)11-6-15(10-3-4-14(24)13(22)5-10)31-16(7-11)12(21(25,26)27)8-29-18(32)17-9-30-19(23)33-17/h3-7,9,12H,8,28H2,1-2H3,(H,29,32). The van der Waals surface area contributed by atoms with Gasteiger partial charge in [0.15, 0.2) is 4.47 Å². The minimum atomic E-state index is -4.74. The van der Waals surface area contributed by atoms with E-state index in [9.17, 15) is 22.4 Å². The maximum Gasteiger partial charge on any atom is 0.398 e. The first kappa shape index (κ1) is 25.4. The van der Waals surface area contributed by atoms with E-state index in [0.717, 1.165) is 17.4 Å². The van der Waals surface area contributed by atoms with Crippen LogP contribution in [0, 0.1) is 5.82 Å². The molecule has 1 unspecified atom stereocenters. The fourth-order valence-corrected chi connectivity index (χ4v) is 3.97. The molecule has 1 atom stereocenters. The van der Waals surface area contributed by atoms with Crippen molar-refractivity contribution in [3.05, 3.63) is 68.0 Å². The molecule has 1 aromatic carbocycles. The van der Waals surface area contributed by atoms with E-state index in [1.54, 1.807) is 13.8 Å². The van der Waals surface area contributed by atoms with Gasteiger partial charge < -0.3 is 11.1 Å². The highest BCUT2D eigenvalue weighted by atomic mass is 35.5. The predicted octanol–water partition coefficient (Wildman–Crippen LogP) is 5.92. The van der Waals surface area contributed by atoms with Crippen molar-refractivity contribution in [2.45, 2.75) is 31.5 Å². The van der Waals surface area contributed by atoms with Crippen molar-refractivity contribution in [1.82, 2.24) is 15.3 Å². The molecule has 0 saturated carbocycles. The number of hydrogen-bond donors (Lipinski definition) is 2. The number of carbonyl (C=O) groups excluding carboxylic acids is 1. The van der Waals surface area contributed by atoms with Gasteiger partial charge in [0.25, 0.3) is 5.91 Å². The zero-order valence-electron chi connectivity index (χ0n) is 17.3. The average Bonchev–Trinajstić information content (AvgIpc) is 3.14. The highest BCUT2D eigenvalue weighted by Crippen LogP contribution is 2.37. The molecule has 33 heavy (non-hydrogen) atoms. The van der Waals surface area contributed by atoms with Crippen molar-refractivity contribution >= 4 is 40.4 Å². The van der Waals surface area contributed by atoms with E-state index in [-0.39, 0.29) is 25.8 Å². The number of amides is 1. The molecule has 2 aromatic heterocycles. The molecular weight excluding hydrogens is 503 g/mol. The second-order valence-corrected chi connectivity index (χ2v) is 9.82. The number of nitrogens with two attached hydrogens (primary N) is 1. The van der Waals surface area contributed by atoms with Gasteiger partial charge in [-0.3, -0.25) is 9.78 Å². The zero-order chi connectivity index (χ0) is 24.6. The summed E-state index contributed by atoms with van der Waals surface area (Å²) in [6, 6.07) is 6.51. The summed E-state index contributed by atoms with van der Waals surface area (Å²) in [7, 11) is 0. The molecular formula is C21H18Cl2F4N4OS. The number of hydrogen-bond acceptors (Lipinski definition) is 5. The fourth-order valence-electron chi connectivity index (χ4n) is 2.93. The first-order chi connectivity index (χ1) is 15.3. The van der Waals surface area contributed by atoms with Gasteiger partial charge in [-0.15, -0.1) is 0 Å². The van der Waals surface area contributed by atoms with Gasteiger partial charge in [0.05, 0.1) is 22.6 Å². The molecule has 2 heterocycles. The molecule has 5 nitrogen and oxygen atoms in total. The number of benzene rings is 1. The second-order valence-electron chi connectivity index (χ2n) is 7.80. The summed E-state index contributed by atoms with van der Waals surface area (Å²) in [5.41, 5.74) is 5.63. The van der Waals surface area contributed by atoms with Crippen molar-refractivity contribution < 1.29 is 22.4 Å². The van der Waals surface area contributed by atoms with Crippen LogP contribution in [0.2, 0.25) is 9.49 Å². The average molecular weight is 521 g/mol. The van der Waals surface area contributed by atoms with Gasteiger partial charge in [-0.2, -0.15) is 13.2 Å². The largest absolute Gasteiger partial charge is 0.398 e. The lowest BCUT2D eigenvalue weighted by Gasteiger charge is -2.25. The lowest BCUT2D eigenvalue weighted by Crippen LogP contribution is -2.36. The van der Waals surface area contributed by atoms with Crippen LogP contribution < -0.4 is 11.1 Å². The molecule has 3 N–H and O–H groups in total. The van der Waals surface area contributed by atoms with E-state index in [0.29, 0.717) is 11.1 Å². The number of rotatable bonds is 6. The molecule has 0 fully saturated rings. The minimum Gasteiger partial charge on any atom is -0.350 e. The van der Waals surface area contributed by atoms with Crippen molar-refractivity contribution in [3.8, 4) is 11.3 Å². The van der Waals surface area contributed by atoms with Crippen LogP contribution in [0.4, 0.5) is 17.6 Å². The molecule has 12 heteroatoms. The van der Waals surface area contributed by atoms with Gasteiger partial charge in [-0.25, -0.2) is 9.37 Å². The third-order valence-corrected chi connectivity index (χ3v) is 6.13. The molecule has 176 valence electrons. The van der Waals surface area contributed by atoms with Crippen molar-refractivity contribution in [3.63, 3.8) is 0 Å². The van der Waals surface area contributed by atoms with Gasteiger partial charge in [0, 0.05) is 17.6 Å². The maximum absolute atomic E-state index is 14.0. The smallest absolute Gasteiger partial charge is 0.350 e. The predicted molar refractivity (Wildman–Crippen MR) is 120 cm³/mol. The molecule has 1 amide bonds. The first-order valence-corrected chi connectivity index (χ1v) is 11.1. The van der Waals surface area contributed by atoms with Gasteiger partial charge in [0.1, 0.15) is 16.6 Å². The van der Waals surface area contributed by atoms with Crippen LogP contribution in [-0.4, -0.2) is 28.6 Å². The summed E-state index contributed by atoms with van der Waals surface area (Å²) in [6.07, 6.45) is -3.56. The van der Waals surface area contributed by atoms with E-state index in [4.69, 9.17) is 28.9 Å². The van der Waals surface area contributed by atoms with Gasteiger partial charge in [-0.05, 0) is 49.7 Å². The lowest BCUT2D eigenvalue weighted by atomic mass is 9.91. The SMILES string of the molecule is CC(C)(N)c1cc(-c2ccc(F)c(Cl)c2)nc(C(CNC(=O)c2cnc(Cl)s2)C(F)(F)F)c1. The number of nitrogens with one attached hydrogen (secondary N) is 1. The number of alkyl halides is 3. The topological polar surface area (TPSA) is 80.9 Å². The highest BCUT2D eigenvalue weighted by Gasteiger charge is 2.42. The highest BCUT2D eigenvalue weighted by molar-refractivity contribution is 7.17. The van der Waals surface area contributed by atoms with E-state index in [1.807, 2.05) is 0 Å². The number of carbonyl (C=O) groups is 1. The summed E-state index contributed by atoms with van der Waals surface area (Å²) in [4.78, 5) is 20.2. The third kappa shape index (κ3) is 6.20. The maximum atomic E-state index is 14.0. The van der Waals surface area contributed by atoms with Crippen molar-refractivity contribution in [2.75, 3.05) is 6.54 Å². The van der Waals surface area contributed by atoms with Crippen LogP contribution in [0.15, 0.2) is 36.5 Å². The molecule has 0 bridgehead atoms. The van der Waals surface area contributed by atoms with E-state index in [2.05, 4.69) is 15.3 Å². The van der Waals surface area contributed by atoms with E-state index < -0.39 is 35.9 Å². The Hall–Kier alpha value is -2.27. The summed E-state index contributed by atoms with van der Waals surface area (Å²) >= 11 is 12.4. The molecule has 0 aliphatic rings. The monoisotopic (exact) mass is 520 g/mol. The normalized spacial score (nSPS) is 13.1. The summed E-state index contributed by atoms with van der Waals surface area (Å²) in [5, 5.41) is 2.06. The Bertz CT molecular complexity index is 1180. The first-order valence-electron chi connectivity index (χ1n) is 9.48. The fraction of sp³-hybridized carbons (Fsp3) is 0.286. The zero-order valence-corrected chi connectivity index (χ0v) is 19.6. The van der Waals surface area contributed by atoms with Crippen molar-refractivity contribution in [1.29, 1.82) is 0 Å². The van der Waals surface area contributed by atoms with E-state index in [1.165, 1.54) is 30.5 Å². The Morgan fingerprint density at radius 1 is 1.21 bits per heavy atom. The Morgan fingerprint density at radius 3 is 2.45 bits per heavy atom. The number of thiazole rings is 1. The number of pyridine rings is 1. The summed E-state index contributed by atoms with van der Waals surface area (Å²) in [6.45, 7) is 2.49. The Morgan fingerprint density at radius 2 is 1.91 bits per heavy atom. The molecule has 0 saturated heterocycles. The van der Waals surface area contributed by atoms with E-state index >= 15 is 0 Å². The molecule has 3 rings (SSSR count). The Labute approximate surface area is 200 Å². The van der Waals surface area contributed by atoms with Crippen LogP contribution in [0.3, 0.4) is 0 Å². The Kier molecular flexibility index (Phi) is 7.33. The van der Waals surface area contributed by atoms with Gasteiger partial charge in [0.2, 0.25) is 0 Å². The number of aromatic nitrogens is 2. The van der Waals surface area contributed by atoms with Gasteiger partial charge >= 0.3 is 6.18 Å². The van der Waals surface area contributed by atoms with Crippen LogP contribution in [-0.2, 0) is 5.54 Å². The minimum absolute atomic E-state index is 0.0763. The van der Waals surface area contributed by atoms with Crippen LogP contribution in [0.1, 0.15) is 40.7 Å². The molecule has 0 aliphatic heterocycles. The van der Waals surface area contributed by atoms with Crippen LogP contribution >= 0.6 is 34.5 Å². The quantitative estimate of drug-likeness (QED) is 0.395. The molecule has 0 spiro atoms.